The highest BCUT2D eigenvalue weighted by molar-refractivity contribution is 5.57. The minimum Gasteiger partial charge on any atom is -0.366 e. The Bertz CT molecular complexity index is 506. The molecule has 21 heavy (non-hydrogen) atoms. The SMILES string of the molecule is Cc1ccc2c(c1)CNC(C)(C)CN2C1CCCC(C)C1. The van der Waals surface area contributed by atoms with Gasteiger partial charge < -0.3 is 10.2 Å². The minimum atomic E-state index is 0.174. The monoisotopic (exact) mass is 286 g/mol. The van der Waals surface area contributed by atoms with Crippen LogP contribution in [0.3, 0.4) is 0 Å². The largest absolute Gasteiger partial charge is 0.366 e. The fourth-order valence-electron chi connectivity index (χ4n) is 4.05. The van der Waals surface area contributed by atoms with Gasteiger partial charge in [-0.1, -0.05) is 37.5 Å². The van der Waals surface area contributed by atoms with Crippen molar-refractivity contribution in [3.05, 3.63) is 29.3 Å². The Morgan fingerprint density at radius 3 is 2.81 bits per heavy atom. The molecule has 1 N–H and O–H groups in total. The summed E-state index contributed by atoms with van der Waals surface area (Å²) < 4.78 is 0. The molecule has 1 heterocycles. The Hall–Kier alpha value is -1.02. The summed E-state index contributed by atoms with van der Waals surface area (Å²) in [5, 5.41) is 3.74. The van der Waals surface area contributed by atoms with Crippen LogP contribution in [0.1, 0.15) is 57.6 Å². The molecule has 3 rings (SSSR count). The highest BCUT2D eigenvalue weighted by atomic mass is 15.2. The topological polar surface area (TPSA) is 15.3 Å². The third kappa shape index (κ3) is 3.26. The Labute approximate surface area is 129 Å². The number of nitrogens with one attached hydrogen (secondary N) is 1. The Balaban J connectivity index is 1.95. The number of hydrogen-bond donors (Lipinski definition) is 1. The van der Waals surface area contributed by atoms with E-state index in [1.807, 2.05) is 0 Å². The van der Waals surface area contributed by atoms with Gasteiger partial charge in [0, 0.05) is 30.4 Å². The highest BCUT2D eigenvalue weighted by Crippen LogP contribution is 2.35. The first-order valence-corrected chi connectivity index (χ1v) is 8.56. The van der Waals surface area contributed by atoms with E-state index in [2.05, 4.69) is 56.1 Å². The molecule has 116 valence electrons. The highest BCUT2D eigenvalue weighted by Gasteiger charge is 2.32. The molecule has 2 nitrogen and oxygen atoms in total. The van der Waals surface area contributed by atoms with E-state index in [9.17, 15) is 0 Å². The third-order valence-corrected chi connectivity index (χ3v) is 5.22. The lowest BCUT2D eigenvalue weighted by molar-refractivity contribution is 0.308. The van der Waals surface area contributed by atoms with E-state index in [0.717, 1.165) is 25.0 Å². The van der Waals surface area contributed by atoms with Gasteiger partial charge in [-0.2, -0.15) is 0 Å². The number of rotatable bonds is 1. The Morgan fingerprint density at radius 1 is 1.24 bits per heavy atom. The summed E-state index contributed by atoms with van der Waals surface area (Å²) in [6, 6.07) is 7.71. The molecule has 2 unspecified atom stereocenters. The molecule has 0 bridgehead atoms. The molecule has 1 fully saturated rings. The fourth-order valence-corrected chi connectivity index (χ4v) is 4.05. The average Bonchev–Trinajstić information content (AvgIpc) is 2.56. The van der Waals surface area contributed by atoms with Crippen molar-refractivity contribution < 1.29 is 0 Å². The van der Waals surface area contributed by atoms with E-state index in [-0.39, 0.29) is 5.54 Å². The molecular formula is C19H30N2. The van der Waals surface area contributed by atoms with Crippen molar-refractivity contribution in [1.29, 1.82) is 0 Å². The van der Waals surface area contributed by atoms with Crippen molar-refractivity contribution in [3.8, 4) is 0 Å². The van der Waals surface area contributed by atoms with E-state index >= 15 is 0 Å². The molecule has 1 aliphatic carbocycles. The Morgan fingerprint density at radius 2 is 2.05 bits per heavy atom. The molecule has 0 radical (unpaired) electrons. The number of benzene rings is 1. The quantitative estimate of drug-likeness (QED) is 0.829. The summed E-state index contributed by atoms with van der Waals surface area (Å²) in [6.07, 6.45) is 5.50. The van der Waals surface area contributed by atoms with Crippen molar-refractivity contribution in [2.45, 2.75) is 71.5 Å². The standard InChI is InChI=1S/C19H30N2/c1-14-6-5-7-17(11-14)21-13-19(3,4)20-12-16-10-15(2)8-9-18(16)21/h8-10,14,17,20H,5-7,11-13H2,1-4H3. The second-order valence-electron chi connectivity index (χ2n) is 7.92. The first kappa shape index (κ1) is 14.9. The Kier molecular flexibility index (Phi) is 4.00. The van der Waals surface area contributed by atoms with E-state index in [4.69, 9.17) is 0 Å². The predicted molar refractivity (Wildman–Crippen MR) is 90.9 cm³/mol. The average molecular weight is 286 g/mol. The molecule has 2 aliphatic rings. The van der Waals surface area contributed by atoms with Crippen LogP contribution in [0.25, 0.3) is 0 Å². The van der Waals surface area contributed by atoms with Crippen LogP contribution in [-0.4, -0.2) is 18.1 Å². The molecular weight excluding hydrogens is 256 g/mol. The normalized spacial score (nSPS) is 28.9. The van der Waals surface area contributed by atoms with E-state index < -0.39 is 0 Å². The molecule has 1 aliphatic heterocycles. The van der Waals surface area contributed by atoms with Crippen LogP contribution in [0.5, 0.6) is 0 Å². The molecule has 1 aromatic rings. The maximum absolute atomic E-state index is 3.74. The van der Waals surface area contributed by atoms with E-state index in [1.54, 1.807) is 0 Å². The molecule has 0 amide bonds. The van der Waals surface area contributed by atoms with Gasteiger partial charge in [0.1, 0.15) is 0 Å². The first-order valence-electron chi connectivity index (χ1n) is 8.56. The number of nitrogens with zero attached hydrogens (tertiary/aromatic N) is 1. The molecule has 2 heteroatoms. The first-order chi connectivity index (χ1) is 9.94. The predicted octanol–water partition coefficient (Wildman–Crippen LogP) is 4.26. The van der Waals surface area contributed by atoms with Gasteiger partial charge in [-0.05, 0) is 51.2 Å². The van der Waals surface area contributed by atoms with Crippen LogP contribution in [0.4, 0.5) is 5.69 Å². The van der Waals surface area contributed by atoms with E-state index in [1.165, 1.54) is 42.5 Å². The maximum atomic E-state index is 3.74. The number of hydrogen-bond acceptors (Lipinski definition) is 2. The second-order valence-corrected chi connectivity index (χ2v) is 7.92. The molecule has 0 spiro atoms. The van der Waals surface area contributed by atoms with Gasteiger partial charge in [-0.25, -0.2) is 0 Å². The van der Waals surface area contributed by atoms with Crippen molar-refractivity contribution in [2.24, 2.45) is 5.92 Å². The molecule has 0 aromatic heterocycles. The third-order valence-electron chi connectivity index (χ3n) is 5.22. The second kappa shape index (κ2) is 5.64. The summed E-state index contributed by atoms with van der Waals surface area (Å²) in [6.45, 7) is 11.4. The van der Waals surface area contributed by atoms with Crippen molar-refractivity contribution >= 4 is 5.69 Å². The van der Waals surface area contributed by atoms with Crippen molar-refractivity contribution in [3.63, 3.8) is 0 Å². The lowest BCUT2D eigenvalue weighted by Crippen LogP contribution is -2.50. The van der Waals surface area contributed by atoms with Gasteiger partial charge in [0.15, 0.2) is 0 Å². The molecule has 1 aromatic carbocycles. The van der Waals surface area contributed by atoms with Crippen LogP contribution in [0.2, 0.25) is 0 Å². The fraction of sp³-hybridized carbons (Fsp3) is 0.684. The summed E-state index contributed by atoms with van der Waals surface area (Å²) in [4.78, 5) is 2.71. The van der Waals surface area contributed by atoms with Crippen molar-refractivity contribution in [2.75, 3.05) is 11.4 Å². The van der Waals surface area contributed by atoms with Gasteiger partial charge in [0.25, 0.3) is 0 Å². The number of anilines is 1. The number of aryl methyl sites for hydroxylation is 1. The summed E-state index contributed by atoms with van der Waals surface area (Å²) >= 11 is 0. The van der Waals surface area contributed by atoms with Crippen LogP contribution in [0.15, 0.2) is 18.2 Å². The maximum Gasteiger partial charge on any atom is 0.0415 e. The summed E-state index contributed by atoms with van der Waals surface area (Å²) in [5.74, 6) is 0.872. The van der Waals surface area contributed by atoms with Gasteiger partial charge in [-0.15, -0.1) is 0 Å². The number of fused-ring (bicyclic) bond motifs is 1. The van der Waals surface area contributed by atoms with Crippen LogP contribution >= 0.6 is 0 Å². The van der Waals surface area contributed by atoms with Gasteiger partial charge in [-0.3, -0.25) is 0 Å². The molecule has 2 atom stereocenters. The lowest BCUT2D eigenvalue weighted by Gasteiger charge is -2.41. The van der Waals surface area contributed by atoms with Gasteiger partial charge >= 0.3 is 0 Å². The van der Waals surface area contributed by atoms with E-state index in [0.29, 0.717) is 0 Å². The molecule has 0 saturated heterocycles. The zero-order valence-corrected chi connectivity index (χ0v) is 14.1. The van der Waals surface area contributed by atoms with Crippen molar-refractivity contribution in [1.82, 2.24) is 5.32 Å². The summed E-state index contributed by atoms with van der Waals surface area (Å²) in [5.41, 5.74) is 4.48. The smallest absolute Gasteiger partial charge is 0.0415 e. The minimum absolute atomic E-state index is 0.174. The zero-order valence-electron chi connectivity index (χ0n) is 14.1. The molecule has 1 saturated carbocycles. The van der Waals surface area contributed by atoms with Crippen LogP contribution < -0.4 is 10.2 Å². The lowest BCUT2D eigenvalue weighted by atomic mass is 9.85. The zero-order chi connectivity index (χ0) is 15.0. The van der Waals surface area contributed by atoms with Gasteiger partial charge in [0.2, 0.25) is 0 Å². The van der Waals surface area contributed by atoms with Crippen LogP contribution in [0, 0.1) is 12.8 Å². The summed E-state index contributed by atoms with van der Waals surface area (Å²) in [7, 11) is 0. The van der Waals surface area contributed by atoms with Crippen LogP contribution in [-0.2, 0) is 6.54 Å². The van der Waals surface area contributed by atoms with Gasteiger partial charge in [0.05, 0.1) is 0 Å².